The molecule has 1 fully saturated rings. The highest BCUT2D eigenvalue weighted by Gasteiger charge is 2.25. The number of rotatable bonds is 5. The highest BCUT2D eigenvalue weighted by atomic mass is 35.5. The summed E-state index contributed by atoms with van der Waals surface area (Å²) in [4.78, 5) is 12.9. The molecular formula is C12H17ClN2O3S2. The number of sulfone groups is 1. The minimum absolute atomic E-state index is 0.0426. The number of amides is 1. The average molecular weight is 337 g/mol. The molecule has 1 amide bonds. The highest BCUT2D eigenvalue weighted by molar-refractivity contribution is 7.91. The third-order valence-electron chi connectivity index (χ3n) is 3.06. The summed E-state index contributed by atoms with van der Waals surface area (Å²) in [7, 11) is -2.99. The highest BCUT2D eigenvalue weighted by Crippen LogP contribution is 2.21. The predicted molar refractivity (Wildman–Crippen MR) is 81.1 cm³/mol. The van der Waals surface area contributed by atoms with Gasteiger partial charge in [-0.15, -0.1) is 11.3 Å². The SMILES string of the molecule is O=C(CC1CS(=O)(=O)CCN1)NCCc1ccc(Cl)s1. The van der Waals surface area contributed by atoms with E-state index in [1.54, 1.807) is 0 Å². The van der Waals surface area contributed by atoms with Crippen molar-refractivity contribution in [2.24, 2.45) is 0 Å². The number of hydrogen-bond acceptors (Lipinski definition) is 5. The molecule has 0 saturated carbocycles. The van der Waals surface area contributed by atoms with Crippen LogP contribution in [-0.4, -0.2) is 45.0 Å². The second-order valence-corrected chi connectivity index (χ2v) is 8.80. The molecular weight excluding hydrogens is 320 g/mol. The van der Waals surface area contributed by atoms with Crippen LogP contribution in [0.2, 0.25) is 4.34 Å². The maximum absolute atomic E-state index is 11.7. The third kappa shape index (κ3) is 5.05. The lowest BCUT2D eigenvalue weighted by atomic mass is 10.2. The number of thiophene rings is 1. The second kappa shape index (κ2) is 6.89. The first-order valence-corrected chi connectivity index (χ1v) is 9.41. The van der Waals surface area contributed by atoms with Crippen LogP contribution in [-0.2, 0) is 21.1 Å². The Bertz CT molecular complexity index is 571. The molecule has 1 aromatic heterocycles. The number of hydrogen-bond donors (Lipinski definition) is 2. The summed E-state index contributed by atoms with van der Waals surface area (Å²) in [5.41, 5.74) is 0. The zero-order chi connectivity index (χ0) is 14.6. The van der Waals surface area contributed by atoms with E-state index in [2.05, 4.69) is 10.6 Å². The van der Waals surface area contributed by atoms with Gasteiger partial charge in [0, 0.05) is 30.4 Å². The van der Waals surface area contributed by atoms with Gasteiger partial charge in [-0.05, 0) is 18.6 Å². The van der Waals surface area contributed by atoms with E-state index in [-0.39, 0.29) is 29.9 Å². The summed E-state index contributed by atoms with van der Waals surface area (Å²) in [6.07, 6.45) is 0.934. The van der Waals surface area contributed by atoms with Crippen LogP contribution in [0.1, 0.15) is 11.3 Å². The van der Waals surface area contributed by atoms with Crippen molar-refractivity contribution >= 4 is 38.7 Å². The van der Waals surface area contributed by atoms with Crippen molar-refractivity contribution < 1.29 is 13.2 Å². The molecule has 0 radical (unpaired) electrons. The van der Waals surface area contributed by atoms with Crippen molar-refractivity contribution in [1.82, 2.24) is 10.6 Å². The number of halogens is 1. The molecule has 1 atom stereocenters. The Morgan fingerprint density at radius 2 is 2.30 bits per heavy atom. The Labute approximate surface area is 127 Å². The van der Waals surface area contributed by atoms with Gasteiger partial charge in [-0.3, -0.25) is 4.79 Å². The Morgan fingerprint density at radius 1 is 1.50 bits per heavy atom. The maximum Gasteiger partial charge on any atom is 0.221 e. The van der Waals surface area contributed by atoms with E-state index < -0.39 is 9.84 Å². The van der Waals surface area contributed by atoms with Crippen LogP contribution < -0.4 is 10.6 Å². The Morgan fingerprint density at radius 3 is 2.95 bits per heavy atom. The van der Waals surface area contributed by atoms with Gasteiger partial charge in [-0.2, -0.15) is 0 Å². The van der Waals surface area contributed by atoms with Gasteiger partial charge in [0.05, 0.1) is 15.8 Å². The summed E-state index contributed by atoms with van der Waals surface area (Å²) in [5, 5.41) is 5.87. The van der Waals surface area contributed by atoms with Crippen molar-refractivity contribution in [3.8, 4) is 0 Å². The molecule has 2 rings (SSSR count). The molecule has 8 heteroatoms. The van der Waals surface area contributed by atoms with Crippen molar-refractivity contribution in [3.63, 3.8) is 0 Å². The maximum atomic E-state index is 11.7. The average Bonchev–Trinajstić information content (AvgIpc) is 2.73. The summed E-state index contributed by atoms with van der Waals surface area (Å²) in [5.74, 6) is 0.0767. The lowest BCUT2D eigenvalue weighted by Crippen LogP contribution is -2.47. The molecule has 5 nitrogen and oxygen atoms in total. The van der Waals surface area contributed by atoms with Gasteiger partial charge >= 0.3 is 0 Å². The van der Waals surface area contributed by atoms with Gasteiger partial charge in [-0.1, -0.05) is 11.6 Å². The van der Waals surface area contributed by atoms with E-state index in [0.29, 0.717) is 13.1 Å². The third-order valence-corrected chi connectivity index (χ3v) is 6.08. The van der Waals surface area contributed by atoms with Gasteiger partial charge in [0.15, 0.2) is 9.84 Å². The van der Waals surface area contributed by atoms with Crippen LogP contribution in [0.15, 0.2) is 12.1 Å². The van der Waals surface area contributed by atoms with Crippen molar-refractivity contribution in [3.05, 3.63) is 21.3 Å². The van der Waals surface area contributed by atoms with Crippen LogP contribution in [0.3, 0.4) is 0 Å². The smallest absolute Gasteiger partial charge is 0.221 e. The fourth-order valence-electron chi connectivity index (χ4n) is 2.11. The van der Waals surface area contributed by atoms with E-state index in [4.69, 9.17) is 11.6 Å². The zero-order valence-corrected chi connectivity index (χ0v) is 13.3. The van der Waals surface area contributed by atoms with Crippen LogP contribution in [0, 0.1) is 0 Å². The van der Waals surface area contributed by atoms with Crippen molar-refractivity contribution in [2.75, 3.05) is 24.6 Å². The summed E-state index contributed by atoms with van der Waals surface area (Å²) in [6, 6.07) is 3.50. The molecule has 0 aliphatic carbocycles. The standard InChI is InChI=1S/C12H17ClN2O3S2/c13-11-2-1-10(19-11)3-4-15-12(16)7-9-8-20(17,18)6-5-14-9/h1-2,9,14H,3-8H2,(H,15,16). The fraction of sp³-hybridized carbons (Fsp3) is 0.583. The van der Waals surface area contributed by atoms with Gasteiger partial charge in [0.25, 0.3) is 0 Å². The van der Waals surface area contributed by atoms with E-state index in [9.17, 15) is 13.2 Å². The largest absolute Gasteiger partial charge is 0.356 e. The molecule has 0 spiro atoms. The Balaban J connectivity index is 1.70. The monoisotopic (exact) mass is 336 g/mol. The molecule has 112 valence electrons. The Hall–Kier alpha value is -0.630. The first-order chi connectivity index (χ1) is 9.44. The molecule has 1 aromatic rings. The predicted octanol–water partition coefficient (Wildman–Crippen LogP) is 0.837. The van der Waals surface area contributed by atoms with Gasteiger partial charge in [0.2, 0.25) is 5.91 Å². The molecule has 1 unspecified atom stereocenters. The minimum Gasteiger partial charge on any atom is -0.356 e. The lowest BCUT2D eigenvalue weighted by Gasteiger charge is -2.23. The van der Waals surface area contributed by atoms with Gasteiger partial charge in [0.1, 0.15) is 0 Å². The van der Waals surface area contributed by atoms with E-state index >= 15 is 0 Å². The first-order valence-electron chi connectivity index (χ1n) is 6.39. The molecule has 2 heterocycles. The molecule has 1 saturated heterocycles. The minimum atomic E-state index is -2.99. The van der Waals surface area contributed by atoms with Crippen LogP contribution in [0.5, 0.6) is 0 Å². The molecule has 2 N–H and O–H groups in total. The number of carbonyl (C=O) groups is 1. The van der Waals surface area contributed by atoms with E-state index in [1.807, 2.05) is 12.1 Å². The summed E-state index contributed by atoms with van der Waals surface area (Å²) in [6.45, 7) is 0.961. The van der Waals surface area contributed by atoms with Crippen molar-refractivity contribution in [2.45, 2.75) is 18.9 Å². The summed E-state index contributed by atoms with van der Waals surface area (Å²) >= 11 is 7.32. The molecule has 20 heavy (non-hydrogen) atoms. The normalized spacial score (nSPS) is 21.6. The lowest BCUT2D eigenvalue weighted by molar-refractivity contribution is -0.121. The van der Waals surface area contributed by atoms with Crippen molar-refractivity contribution in [1.29, 1.82) is 0 Å². The fourth-order valence-corrected chi connectivity index (χ4v) is 4.64. The number of carbonyl (C=O) groups excluding carboxylic acids is 1. The number of nitrogens with one attached hydrogen (secondary N) is 2. The van der Waals surface area contributed by atoms with Crippen LogP contribution in [0.4, 0.5) is 0 Å². The molecule has 1 aliphatic rings. The molecule has 1 aliphatic heterocycles. The molecule has 0 aromatic carbocycles. The molecule has 0 bridgehead atoms. The van der Waals surface area contributed by atoms with E-state index in [1.165, 1.54) is 11.3 Å². The van der Waals surface area contributed by atoms with Crippen LogP contribution in [0.25, 0.3) is 0 Å². The topological polar surface area (TPSA) is 75.3 Å². The second-order valence-electron chi connectivity index (χ2n) is 4.78. The Kier molecular flexibility index (Phi) is 5.42. The van der Waals surface area contributed by atoms with Gasteiger partial charge in [-0.25, -0.2) is 8.42 Å². The summed E-state index contributed by atoms with van der Waals surface area (Å²) < 4.78 is 23.7. The first kappa shape index (κ1) is 15.8. The zero-order valence-electron chi connectivity index (χ0n) is 10.9. The van der Waals surface area contributed by atoms with Crippen LogP contribution >= 0.6 is 22.9 Å². The van der Waals surface area contributed by atoms with Gasteiger partial charge < -0.3 is 10.6 Å². The van der Waals surface area contributed by atoms with E-state index in [0.717, 1.165) is 15.6 Å². The quantitative estimate of drug-likeness (QED) is 0.835.